The molecule has 0 aromatic carbocycles. The van der Waals surface area contributed by atoms with Gasteiger partial charge in [0.1, 0.15) is 0 Å². The molecular formula is C11H23NO. The van der Waals surface area contributed by atoms with Crippen LogP contribution >= 0.6 is 0 Å². The van der Waals surface area contributed by atoms with Crippen LogP contribution in [0, 0.1) is 10.8 Å². The maximum Gasteiger partial charge on any atom is 0.0811 e. The zero-order valence-corrected chi connectivity index (χ0v) is 9.09. The van der Waals surface area contributed by atoms with E-state index in [0.29, 0.717) is 6.54 Å². The highest BCUT2D eigenvalue weighted by Gasteiger charge is 2.00. The lowest BCUT2D eigenvalue weighted by atomic mass is 9.97. The van der Waals surface area contributed by atoms with Crippen LogP contribution in [0.25, 0.3) is 0 Å². The Labute approximate surface area is 82.1 Å². The van der Waals surface area contributed by atoms with Crippen molar-refractivity contribution in [3.63, 3.8) is 0 Å². The second-order valence-corrected chi connectivity index (χ2v) is 3.95. The van der Waals surface area contributed by atoms with E-state index in [2.05, 4.69) is 19.0 Å². The van der Waals surface area contributed by atoms with Gasteiger partial charge in [-0.3, -0.25) is 0 Å². The molecular weight excluding hydrogens is 162 g/mol. The van der Waals surface area contributed by atoms with Gasteiger partial charge in [-0.25, -0.2) is 0 Å². The molecule has 0 rings (SSSR count). The smallest absolute Gasteiger partial charge is 0.0811 e. The first kappa shape index (κ1) is 12.6. The summed E-state index contributed by atoms with van der Waals surface area (Å²) in [6.07, 6.45) is 8.75. The molecule has 0 fully saturated rings. The Balaban J connectivity index is 3.07. The summed E-state index contributed by atoms with van der Waals surface area (Å²) in [5.41, 5.74) is 0. The summed E-state index contributed by atoms with van der Waals surface area (Å²) in [5, 5.41) is 2.85. The van der Waals surface area contributed by atoms with Crippen LogP contribution in [0.2, 0.25) is 0 Å². The van der Waals surface area contributed by atoms with Gasteiger partial charge in [-0.2, -0.15) is 4.91 Å². The fourth-order valence-electron chi connectivity index (χ4n) is 1.54. The van der Waals surface area contributed by atoms with Crippen molar-refractivity contribution in [2.45, 2.75) is 58.8 Å². The molecule has 0 radical (unpaired) electrons. The Morgan fingerprint density at radius 1 is 1.08 bits per heavy atom. The number of hydrogen-bond donors (Lipinski definition) is 0. The molecule has 78 valence electrons. The minimum Gasteiger partial charge on any atom is -0.151 e. The lowest BCUT2D eigenvalue weighted by Gasteiger charge is -2.09. The molecule has 1 atom stereocenters. The molecule has 0 spiro atoms. The van der Waals surface area contributed by atoms with Gasteiger partial charge in [-0.1, -0.05) is 57.5 Å². The Bertz CT molecular complexity index is 115. The van der Waals surface area contributed by atoms with Crippen molar-refractivity contribution in [3.05, 3.63) is 4.91 Å². The molecule has 1 unspecified atom stereocenters. The predicted molar refractivity (Wildman–Crippen MR) is 57.8 cm³/mol. The number of nitrogens with zero attached hydrogens (tertiary/aromatic N) is 1. The van der Waals surface area contributed by atoms with E-state index in [0.717, 1.165) is 12.3 Å². The monoisotopic (exact) mass is 185 g/mol. The van der Waals surface area contributed by atoms with Crippen LogP contribution in [-0.2, 0) is 0 Å². The molecule has 0 bridgehead atoms. The molecule has 0 saturated heterocycles. The molecule has 0 aliphatic heterocycles. The van der Waals surface area contributed by atoms with Gasteiger partial charge in [-0.15, -0.1) is 0 Å². The second kappa shape index (κ2) is 9.69. The normalized spacial score (nSPS) is 12.8. The van der Waals surface area contributed by atoms with Crippen LogP contribution in [0.5, 0.6) is 0 Å². The van der Waals surface area contributed by atoms with Crippen LogP contribution in [0.4, 0.5) is 0 Å². The largest absolute Gasteiger partial charge is 0.151 e. The van der Waals surface area contributed by atoms with Gasteiger partial charge in [-0.05, 0) is 12.3 Å². The molecule has 0 N–H and O–H groups in total. The fraction of sp³-hybridized carbons (Fsp3) is 1.00. The topological polar surface area (TPSA) is 29.4 Å². The Kier molecular flexibility index (Phi) is 9.39. The quantitative estimate of drug-likeness (QED) is 0.392. The van der Waals surface area contributed by atoms with Gasteiger partial charge < -0.3 is 0 Å². The summed E-state index contributed by atoms with van der Waals surface area (Å²) in [5.74, 6) is 0.865. The summed E-state index contributed by atoms with van der Waals surface area (Å²) in [7, 11) is 0. The minimum atomic E-state index is 0.503. The van der Waals surface area contributed by atoms with Gasteiger partial charge in [0.2, 0.25) is 0 Å². The van der Waals surface area contributed by atoms with Gasteiger partial charge in [0.25, 0.3) is 0 Å². The standard InChI is InChI=1S/C11H23NO/c1-3-4-8-11(2)9-6-5-7-10-12-13/h11H,3-10H2,1-2H3. The highest BCUT2D eigenvalue weighted by Crippen LogP contribution is 2.15. The summed E-state index contributed by atoms with van der Waals surface area (Å²) in [4.78, 5) is 9.79. The highest BCUT2D eigenvalue weighted by molar-refractivity contribution is 4.54. The Morgan fingerprint density at radius 3 is 2.38 bits per heavy atom. The molecule has 0 saturated carbocycles. The third-order valence-corrected chi connectivity index (χ3v) is 2.50. The van der Waals surface area contributed by atoms with Gasteiger partial charge in [0.15, 0.2) is 0 Å². The van der Waals surface area contributed by atoms with Crippen molar-refractivity contribution in [2.24, 2.45) is 11.1 Å². The predicted octanol–water partition coefficient (Wildman–Crippen LogP) is 4.14. The minimum absolute atomic E-state index is 0.503. The van der Waals surface area contributed by atoms with Gasteiger partial charge in [0.05, 0.1) is 6.54 Å². The van der Waals surface area contributed by atoms with E-state index in [1.807, 2.05) is 0 Å². The summed E-state index contributed by atoms with van der Waals surface area (Å²) >= 11 is 0. The number of hydrogen-bond acceptors (Lipinski definition) is 2. The zero-order valence-electron chi connectivity index (χ0n) is 9.09. The summed E-state index contributed by atoms with van der Waals surface area (Å²) in [6, 6.07) is 0. The Morgan fingerprint density at radius 2 is 1.77 bits per heavy atom. The van der Waals surface area contributed by atoms with Crippen molar-refractivity contribution in [3.8, 4) is 0 Å². The van der Waals surface area contributed by atoms with Crippen molar-refractivity contribution in [2.75, 3.05) is 6.54 Å². The lowest BCUT2D eigenvalue weighted by molar-refractivity contribution is 0.446. The molecule has 0 aliphatic rings. The van der Waals surface area contributed by atoms with Crippen LogP contribution in [0.15, 0.2) is 5.18 Å². The average molecular weight is 185 g/mol. The SMILES string of the molecule is CCCCC(C)CCCCCN=O. The first-order chi connectivity index (χ1) is 6.31. The van der Waals surface area contributed by atoms with E-state index in [4.69, 9.17) is 0 Å². The molecule has 0 heterocycles. The van der Waals surface area contributed by atoms with Crippen LogP contribution in [-0.4, -0.2) is 6.54 Å². The molecule has 0 aromatic heterocycles. The number of nitroso groups, excluding NO2 is 1. The zero-order chi connectivity index (χ0) is 9.94. The lowest BCUT2D eigenvalue weighted by Crippen LogP contribution is -1.94. The average Bonchev–Trinajstić information content (AvgIpc) is 2.14. The van der Waals surface area contributed by atoms with Crippen LogP contribution in [0.3, 0.4) is 0 Å². The number of rotatable bonds is 9. The van der Waals surface area contributed by atoms with Gasteiger partial charge >= 0.3 is 0 Å². The Hall–Kier alpha value is -0.400. The first-order valence-corrected chi connectivity index (χ1v) is 5.60. The van der Waals surface area contributed by atoms with E-state index < -0.39 is 0 Å². The van der Waals surface area contributed by atoms with Crippen molar-refractivity contribution in [1.82, 2.24) is 0 Å². The third kappa shape index (κ3) is 9.51. The number of unbranched alkanes of at least 4 members (excludes halogenated alkanes) is 3. The van der Waals surface area contributed by atoms with E-state index in [9.17, 15) is 4.91 Å². The molecule has 2 heteroatoms. The maximum atomic E-state index is 9.79. The summed E-state index contributed by atoms with van der Waals surface area (Å²) < 4.78 is 0. The molecule has 0 aliphatic carbocycles. The fourth-order valence-corrected chi connectivity index (χ4v) is 1.54. The summed E-state index contributed by atoms with van der Waals surface area (Å²) in [6.45, 7) is 5.07. The van der Waals surface area contributed by atoms with Crippen molar-refractivity contribution < 1.29 is 0 Å². The van der Waals surface area contributed by atoms with E-state index in [1.165, 1.54) is 38.5 Å². The van der Waals surface area contributed by atoms with Crippen LogP contribution < -0.4 is 0 Å². The second-order valence-electron chi connectivity index (χ2n) is 3.95. The van der Waals surface area contributed by atoms with Crippen LogP contribution in [0.1, 0.15) is 58.8 Å². The molecule has 2 nitrogen and oxygen atoms in total. The van der Waals surface area contributed by atoms with Crippen molar-refractivity contribution in [1.29, 1.82) is 0 Å². The van der Waals surface area contributed by atoms with Crippen molar-refractivity contribution >= 4 is 0 Å². The van der Waals surface area contributed by atoms with E-state index in [1.54, 1.807) is 0 Å². The third-order valence-electron chi connectivity index (χ3n) is 2.50. The van der Waals surface area contributed by atoms with Gasteiger partial charge in [0, 0.05) is 0 Å². The van der Waals surface area contributed by atoms with E-state index in [-0.39, 0.29) is 0 Å². The molecule has 13 heavy (non-hydrogen) atoms. The molecule has 0 amide bonds. The molecule has 0 aromatic rings. The highest BCUT2D eigenvalue weighted by atomic mass is 16.3. The first-order valence-electron chi connectivity index (χ1n) is 5.60. The van der Waals surface area contributed by atoms with E-state index >= 15 is 0 Å². The maximum absolute atomic E-state index is 9.79.